The Balaban J connectivity index is 1.74. The van der Waals surface area contributed by atoms with Gasteiger partial charge in [-0.1, -0.05) is 63.1 Å². The van der Waals surface area contributed by atoms with Crippen LogP contribution in [0.3, 0.4) is 0 Å². The lowest BCUT2D eigenvalue weighted by atomic mass is 9.83. The van der Waals surface area contributed by atoms with Crippen LogP contribution in [-0.4, -0.2) is 6.54 Å². The van der Waals surface area contributed by atoms with Crippen LogP contribution in [0.4, 0.5) is 5.69 Å². The molecule has 0 fully saturated rings. The fourth-order valence-corrected chi connectivity index (χ4v) is 4.85. The van der Waals surface area contributed by atoms with Crippen LogP contribution in [0.2, 0.25) is 5.02 Å². The number of aromatic nitrogens is 1. The summed E-state index contributed by atoms with van der Waals surface area (Å²) in [5.74, 6) is 0. The van der Waals surface area contributed by atoms with Crippen molar-refractivity contribution < 1.29 is 4.57 Å². The van der Waals surface area contributed by atoms with Crippen molar-refractivity contribution in [3.63, 3.8) is 0 Å². The predicted molar refractivity (Wildman–Crippen MR) is 134 cm³/mol. The average molecular weight is 432 g/mol. The monoisotopic (exact) mass is 431 g/mol. The van der Waals surface area contributed by atoms with Gasteiger partial charge in [0.1, 0.15) is 6.54 Å². The summed E-state index contributed by atoms with van der Waals surface area (Å²) in [6.07, 6.45) is 11.3. The quantitative estimate of drug-likeness (QED) is 0.371. The standard InChI is InChI=1S/C28H32ClN2/c1-5-7-18-31-26-16-15-22(29)20-24(26)28(3,4)27(31)14-10-11-21-17-19-30(6-2)25-13-9-8-12-23(21)25/h8-17,19-20H,5-7,18H2,1-4H3/q+1. The summed E-state index contributed by atoms with van der Waals surface area (Å²) in [4.78, 5) is 2.48. The van der Waals surface area contributed by atoms with Crippen LogP contribution in [0, 0.1) is 0 Å². The Bertz CT molecular complexity index is 1160. The Morgan fingerprint density at radius 3 is 2.65 bits per heavy atom. The van der Waals surface area contributed by atoms with Gasteiger partial charge in [0.25, 0.3) is 0 Å². The van der Waals surface area contributed by atoms with Gasteiger partial charge < -0.3 is 4.90 Å². The zero-order chi connectivity index (χ0) is 22.0. The smallest absolute Gasteiger partial charge is 0.213 e. The Morgan fingerprint density at radius 2 is 1.87 bits per heavy atom. The van der Waals surface area contributed by atoms with Crippen LogP contribution >= 0.6 is 11.6 Å². The summed E-state index contributed by atoms with van der Waals surface area (Å²) < 4.78 is 2.29. The largest absolute Gasteiger partial charge is 0.344 e. The highest BCUT2D eigenvalue weighted by molar-refractivity contribution is 6.30. The summed E-state index contributed by atoms with van der Waals surface area (Å²) in [5.41, 5.74) is 6.36. The number of nitrogens with zero attached hydrogens (tertiary/aromatic N) is 2. The number of aryl methyl sites for hydroxylation is 1. The van der Waals surface area contributed by atoms with E-state index in [9.17, 15) is 0 Å². The third kappa shape index (κ3) is 4.02. The summed E-state index contributed by atoms with van der Waals surface area (Å²) >= 11 is 6.36. The minimum atomic E-state index is -0.0810. The van der Waals surface area contributed by atoms with E-state index in [-0.39, 0.29) is 5.41 Å². The third-order valence-electron chi connectivity index (χ3n) is 6.42. The minimum absolute atomic E-state index is 0.0810. The Labute approximate surface area is 191 Å². The molecule has 0 bridgehead atoms. The van der Waals surface area contributed by atoms with E-state index in [2.05, 4.69) is 104 Å². The topological polar surface area (TPSA) is 7.12 Å². The van der Waals surface area contributed by atoms with E-state index in [0.29, 0.717) is 0 Å². The number of hydrogen-bond acceptors (Lipinski definition) is 1. The maximum absolute atomic E-state index is 6.36. The van der Waals surface area contributed by atoms with Gasteiger partial charge in [0.05, 0.1) is 5.39 Å². The van der Waals surface area contributed by atoms with Gasteiger partial charge in [-0.25, -0.2) is 0 Å². The molecule has 0 N–H and O–H groups in total. The summed E-state index contributed by atoms with van der Waals surface area (Å²) in [5, 5.41) is 2.09. The molecule has 1 aliphatic rings. The van der Waals surface area contributed by atoms with Gasteiger partial charge in [0, 0.05) is 40.5 Å². The second-order valence-corrected chi connectivity index (χ2v) is 9.21. The summed E-state index contributed by atoms with van der Waals surface area (Å²) in [6, 6.07) is 17.2. The number of anilines is 1. The number of rotatable bonds is 6. The van der Waals surface area contributed by atoms with Crippen molar-refractivity contribution in [3.8, 4) is 0 Å². The van der Waals surface area contributed by atoms with Gasteiger partial charge in [-0.3, -0.25) is 0 Å². The van der Waals surface area contributed by atoms with Crippen molar-refractivity contribution in [3.05, 3.63) is 88.7 Å². The molecule has 2 nitrogen and oxygen atoms in total. The van der Waals surface area contributed by atoms with Crippen LogP contribution in [0.1, 0.15) is 51.7 Å². The molecule has 160 valence electrons. The fourth-order valence-electron chi connectivity index (χ4n) is 4.68. The average Bonchev–Trinajstić information content (AvgIpc) is 2.98. The van der Waals surface area contributed by atoms with Crippen molar-refractivity contribution in [2.75, 3.05) is 11.4 Å². The van der Waals surface area contributed by atoms with E-state index in [0.717, 1.165) is 18.1 Å². The van der Waals surface area contributed by atoms with Crippen molar-refractivity contribution in [2.24, 2.45) is 0 Å². The van der Waals surface area contributed by atoms with Crippen molar-refractivity contribution in [1.29, 1.82) is 0 Å². The van der Waals surface area contributed by atoms with E-state index in [4.69, 9.17) is 11.6 Å². The zero-order valence-corrected chi connectivity index (χ0v) is 19.8. The molecule has 0 radical (unpaired) electrons. The van der Waals surface area contributed by atoms with Crippen molar-refractivity contribution in [1.82, 2.24) is 0 Å². The van der Waals surface area contributed by atoms with Crippen LogP contribution < -0.4 is 9.47 Å². The van der Waals surface area contributed by atoms with Crippen LogP contribution in [0.15, 0.2) is 72.6 Å². The fraction of sp³-hybridized carbons (Fsp3) is 0.321. The molecule has 3 aromatic rings. The number of pyridine rings is 1. The molecule has 3 heteroatoms. The number of unbranched alkanes of at least 4 members (excludes halogenated alkanes) is 1. The highest BCUT2D eigenvalue weighted by Gasteiger charge is 2.39. The molecule has 4 rings (SSSR count). The van der Waals surface area contributed by atoms with Gasteiger partial charge in [-0.05, 0) is 54.8 Å². The molecule has 0 unspecified atom stereocenters. The summed E-state index contributed by atoms with van der Waals surface area (Å²) in [7, 11) is 0. The molecule has 0 atom stereocenters. The predicted octanol–water partition coefficient (Wildman–Crippen LogP) is 7.30. The van der Waals surface area contributed by atoms with E-state index >= 15 is 0 Å². The highest BCUT2D eigenvalue weighted by atomic mass is 35.5. The Kier molecular flexibility index (Phi) is 6.20. The highest BCUT2D eigenvalue weighted by Crippen LogP contribution is 2.48. The maximum atomic E-state index is 6.36. The molecule has 1 aliphatic heterocycles. The number of benzene rings is 2. The number of para-hydroxylation sites is 1. The lowest BCUT2D eigenvalue weighted by Crippen LogP contribution is -2.32. The molecule has 0 spiro atoms. The van der Waals surface area contributed by atoms with Gasteiger partial charge in [-0.15, -0.1) is 0 Å². The molecule has 2 aromatic carbocycles. The van der Waals surface area contributed by atoms with Gasteiger partial charge in [-0.2, -0.15) is 4.57 Å². The molecule has 0 amide bonds. The SMILES string of the molecule is CCCCN1C(=CC=Cc2cc[n+](CC)c3ccccc23)C(C)(C)c2cc(Cl)ccc21. The van der Waals surface area contributed by atoms with Crippen LogP contribution in [0.25, 0.3) is 17.0 Å². The molecule has 0 saturated carbocycles. The van der Waals surface area contributed by atoms with Gasteiger partial charge in [0.2, 0.25) is 5.52 Å². The number of hydrogen-bond donors (Lipinski definition) is 0. The maximum Gasteiger partial charge on any atom is 0.213 e. The van der Waals surface area contributed by atoms with E-state index in [1.165, 1.54) is 46.3 Å². The lowest BCUT2D eigenvalue weighted by Gasteiger charge is -2.27. The molecule has 31 heavy (non-hydrogen) atoms. The first-order valence-corrected chi connectivity index (χ1v) is 11.7. The van der Waals surface area contributed by atoms with Crippen molar-refractivity contribution in [2.45, 2.75) is 52.5 Å². The molecule has 0 saturated heterocycles. The normalized spacial score (nSPS) is 16.5. The molecule has 0 aliphatic carbocycles. The first-order chi connectivity index (χ1) is 15.0. The minimum Gasteiger partial charge on any atom is -0.344 e. The van der Waals surface area contributed by atoms with E-state index in [1.54, 1.807) is 0 Å². The number of allylic oxidation sites excluding steroid dienone is 3. The van der Waals surface area contributed by atoms with E-state index < -0.39 is 0 Å². The summed E-state index contributed by atoms with van der Waals surface area (Å²) in [6.45, 7) is 11.0. The molecular formula is C28H32ClN2+. The van der Waals surface area contributed by atoms with Crippen LogP contribution in [-0.2, 0) is 12.0 Å². The van der Waals surface area contributed by atoms with Gasteiger partial charge in [0.15, 0.2) is 6.20 Å². The number of halogens is 1. The zero-order valence-electron chi connectivity index (χ0n) is 19.0. The van der Waals surface area contributed by atoms with Crippen molar-refractivity contribution >= 4 is 34.3 Å². The first kappa shape index (κ1) is 21.6. The van der Waals surface area contributed by atoms with Crippen LogP contribution in [0.5, 0.6) is 0 Å². The lowest BCUT2D eigenvalue weighted by molar-refractivity contribution is -0.667. The van der Waals surface area contributed by atoms with E-state index in [1.807, 2.05) is 6.07 Å². The molecular weight excluding hydrogens is 400 g/mol. The molecule has 2 heterocycles. The van der Waals surface area contributed by atoms with Gasteiger partial charge >= 0.3 is 0 Å². The third-order valence-corrected chi connectivity index (χ3v) is 6.65. The Hall–Kier alpha value is -2.58. The Morgan fingerprint density at radius 1 is 1.06 bits per heavy atom. The first-order valence-electron chi connectivity index (χ1n) is 11.3. The second kappa shape index (κ2) is 8.88. The second-order valence-electron chi connectivity index (χ2n) is 8.78. The molecule has 1 aromatic heterocycles. The number of fused-ring (bicyclic) bond motifs is 2.